The van der Waals surface area contributed by atoms with Gasteiger partial charge in [0.2, 0.25) is 0 Å². The summed E-state index contributed by atoms with van der Waals surface area (Å²) in [5.41, 5.74) is 8.80. The van der Waals surface area contributed by atoms with Crippen molar-refractivity contribution < 1.29 is 13.7 Å². The first-order valence-corrected chi connectivity index (χ1v) is 3.89. The molecule has 0 spiro atoms. The summed E-state index contributed by atoms with van der Waals surface area (Å²) in [5, 5.41) is 10.4. The number of nitrogens with zero attached hydrogens (tertiary/aromatic N) is 2. The molecule has 15 heavy (non-hydrogen) atoms. The SMILES string of the molecule is NCc1nc(C(F)F)c([N+](=O)[O-])cc1N. The Morgan fingerprint density at radius 1 is 1.60 bits per heavy atom. The molecule has 0 radical (unpaired) electrons. The van der Waals surface area contributed by atoms with E-state index in [0.29, 0.717) is 0 Å². The lowest BCUT2D eigenvalue weighted by Gasteiger charge is -2.06. The van der Waals surface area contributed by atoms with E-state index in [-0.39, 0.29) is 17.9 Å². The van der Waals surface area contributed by atoms with Crippen molar-refractivity contribution in [2.45, 2.75) is 13.0 Å². The van der Waals surface area contributed by atoms with Crippen molar-refractivity contribution in [1.29, 1.82) is 0 Å². The summed E-state index contributed by atoms with van der Waals surface area (Å²) in [6, 6.07) is 0.844. The molecule has 0 saturated carbocycles. The molecule has 82 valence electrons. The van der Waals surface area contributed by atoms with Crippen molar-refractivity contribution in [2.24, 2.45) is 5.73 Å². The van der Waals surface area contributed by atoms with Crippen LogP contribution in [0.4, 0.5) is 20.2 Å². The summed E-state index contributed by atoms with van der Waals surface area (Å²) >= 11 is 0. The number of halogens is 2. The Bertz CT molecular complexity index is 397. The first-order chi connectivity index (χ1) is 6.97. The third-order valence-corrected chi connectivity index (χ3v) is 1.74. The molecule has 1 aromatic heterocycles. The van der Waals surface area contributed by atoms with Crippen LogP contribution in [-0.4, -0.2) is 9.91 Å². The zero-order valence-electron chi connectivity index (χ0n) is 7.48. The number of alkyl halides is 2. The number of anilines is 1. The molecular weight excluding hydrogens is 210 g/mol. The molecule has 4 N–H and O–H groups in total. The molecule has 0 bridgehead atoms. The van der Waals surface area contributed by atoms with Crippen molar-refractivity contribution in [2.75, 3.05) is 5.73 Å². The third kappa shape index (κ3) is 2.15. The fourth-order valence-electron chi connectivity index (χ4n) is 1.04. The summed E-state index contributed by atoms with van der Waals surface area (Å²) in [6.45, 7) is -0.149. The van der Waals surface area contributed by atoms with Gasteiger partial charge in [-0.15, -0.1) is 0 Å². The summed E-state index contributed by atoms with van der Waals surface area (Å²) in [4.78, 5) is 12.8. The Labute approximate surface area is 83.0 Å². The second-order valence-electron chi connectivity index (χ2n) is 2.69. The molecule has 0 aromatic carbocycles. The maximum Gasteiger partial charge on any atom is 0.298 e. The fourth-order valence-corrected chi connectivity index (χ4v) is 1.04. The number of pyridine rings is 1. The number of aromatic nitrogens is 1. The van der Waals surface area contributed by atoms with Crippen LogP contribution in [0.5, 0.6) is 0 Å². The summed E-state index contributed by atoms with van der Waals surface area (Å²) in [5.74, 6) is 0. The lowest BCUT2D eigenvalue weighted by atomic mass is 10.2. The lowest BCUT2D eigenvalue weighted by Crippen LogP contribution is -2.09. The van der Waals surface area contributed by atoms with Crippen LogP contribution in [0.1, 0.15) is 17.8 Å². The van der Waals surface area contributed by atoms with Gasteiger partial charge in [0.25, 0.3) is 12.1 Å². The van der Waals surface area contributed by atoms with Crippen LogP contribution in [0.15, 0.2) is 6.07 Å². The highest BCUT2D eigenvalue weighted by molar-refractivity contribution is 5.53. The van der Waals surface area contributed by atoms with E-state index in [4.69, 9.17) is 11.5 Å². The van der Waals surface area contributed by atoms with Crippen molar-refractivity contribution in [1.82, 2.24) is 4.98 Å². The van der Waals surface area contributed by atoms with Crippen LogP contribution >= 0.6 is 0 Å². The third-order valence-electron chi connectivity index (χ3n) is 1.74. The molecule has 0 unspecified atom stereocenters. The minimum Gasteiger partial charge on any atom is -0.397 e. The Morgan fingerprint density at radius 2 is 2.20 bits per heavy atom. The summed E-state index contributed by atoms with van der Waals surface area (Å²) in [7, 11) is 0. The van der Waals surface area contributed by atoms with Gasteiger partial charge in [-0.05, 0) is 0 Å². The van der Waals surface area contributed by atoms with Crippen LogP contribution in [0.25, 0.3) is 0 Å². The van der Waals surface area contributed by atoms with Crippen molar-refractivity contribution in [3.05, 3.63) is 27.6 Å². The number of nitrogens with two attached hydrogens (primary N) is 2. The van der Waals surface area contributed by atoms with Crippen molar-refractivity contribution in [3.8, 4) is 0 Å². The predicted octanol–water partition coefficient (Wildman–Crippen LogP) is 0.968. The first kappa shape index (κ1) is 11.2. The van der Waals surface area contributed by atoms with Gasteiger partial charge in [0.05, 0.1) is 16.3 Å². The number of rotatable bonds is 3. The topological polar surface area (TPSA) is 108 Å². The van der Waals surface area contributed by atoms with E-state index in [1.165, 1.54) is 0 Å². The lowest BCUT2D eigenvalue weighted by molar-refractivity contribution is -0.386. The van der Waals surface area contributed by atoms with Crippen LogP contribution < -0.4 is 11.5 Å². The zero-order valence-corrected chi connectivity index (χ0v) is 7.48. The average Bonchev–Trinajstić information content (AvgIpc) is 2.16. The number of hydrogen-bond donors (Lipinski definition) is 2. The highest BCUT2D eigenvalue weighted by Gasteiger charge is 2.25. The number of hydrogen-bond acceptors (Lipinski definition) is 5. The molecular formula is C7H8F2N4O2. The molecule has 0 aliphatic rings. The fraction of sp³-hybridized carbons (Fsp3) is 0.286. The monoisotopic (exact) mass is 218 g/mol. The van der Waals surface area contributed by atoms with E-state index >= 15 is 0 Å². The molecule has 0 aliphatic carbocycles. The molecule has 0 aliphatic heterocycles. The van der Waals surface area contributed by atoms with E-state index < -0.39 is 22.7 Å². The Morgan fingerprint density at radius 3 is 2.60 bits per heavy atom. The van der Waals surface area contributed by atoms with Gasteiger partial charge in [-0.25, -0.2) is 13.8 Å². The highest BCUT2D eigenvalue weighted by Crippen LogP contribution is 2.29. The first-order valence-electron chi connectivity index (χ1n) is 3.89. The van der Waals surface area contributed by atoms with E-state index in [0.717, 1.165) is 6.07 Å². The predicted molar refractivity (Wildman–Crippen MR) is 48.2 cm³/mol. The molecule has 1 heterocycles. The van der Waals surface area contributed by atoms with Crippen LogP contribution in [0.2, 0.25) is 0 Å². The van der Waals surface area contributed by atoms with E-state index in [1.54, 1.807) is 0 Å². The van der Waals surface area contributed by atoms with E-state index in [2.05, 4.69) is 4.98 Å². The van der Waals surface area contributed by atoms with Gasteiger partial charge in [-0.3, -0.25) is 10.1 Å². The van der Waals surface area contributed by atoms with E-state index in [1.807, 2.05) is 0 Å². The molecule has 8 heteroatoms. The summed E-state index contributed by atoms with van der Waals surface area (Å²) < 4.78 is 24.8. The van der Waals surface area contributed by atoms with Gasteiger partial charge in [-0.1, -0.05) is 0 Å². The Hall–Kier alpha value is -1.83. The summed E-state index contributed by atoms with van der Waals surface area (Å²) in [6.07, 6.45) is -3.03. The highest BCUT2D eigenvalue weighted by atomic mass is 19.3. The molecule has 0 fully saturated rings. The van der Waals surface area contributed by atoms with Gasteiger partial charge >= 0.3 is 0 Å². The van der Waals surface area contributed by atoms with E-state index in [9.17, 15) is 18.9 Å². The normalized spacial score (nSPS) is 10.7. The molecule has 1 aromatic rings. The van der Waals surface area contributed by atoms with Gasteiger partial charge < -0.3 is 11.5 Å². The van der Waals surface area contributed by atoms with Crippen LogP contribution in [-0.2, 0) is 6.54 Å². The minimum atomic E-state index is -3.03. The second-order valence-corrected chi connectivity index (χ2v) is 2.69. The second kappa shape index (κ2) is 4.13. The quantitative estimate of drug-likeness (QED) is 0.580. The average molecular weight is 218 g/mol. The molecule has 0 saturated heterocycles. The molecule has 0 atom stereocenters. The number of nitrogen functional groups attached to an aromatic ring is 1. The zero-order chi connectivity index (χ0) is 11.6. The minimum absolute atomic E-state index is 0.0240. The Balaban J connectivity index is 3.38. The Kier molecular flexibility index (Phi) is 3.10. The molecule has 0 amide bonds. The van der Waals surface area contributed by atoms with Gasteiger partial charge in [0, 0.05) is 12.6 Å². The van der Waals surface area contributed by atoms with Gasteiger partial charge in [-0.2, -0.15) is 0 Å². The molecule has 1 rings (SSSR count). The van der Waals surface area contributed by atoms with Gasteiger partial charge in [0.15, 0.2) is 5.69 Å². The number of nitro groups is 1. The van der Waals surface area contributed by atoms with Crippen LogP contribution in [0.3, 0.4) is 0 Å². The van der Waals surface area contributed by atoms with Crippen molar-refractivity contribution in [3.63, 3.8) is 0 Å². The van der Waals surface area contributed by atoms with Gasteiger partial charge in [0.1, 0.15) is 0 Å². The van der Waals surface area contributed by atoms with Crippen molar-refractivity contribution >= 4 is 11.4 Å². The maximum absolute atomic E-state index is 12.4. The smallest absolute Gasteiger partial charge is 0.298 e. The van der Waals surface area contributed by atoms with Crippen LogP contribution in [0, 0.1) is 10.1 Å². The largest absolute Gasteiger partial charge is 0.397 e. The molecule has 6 nitrogen and oxygen atoms in total. The maximum atomic E-state index is 12.4. The standard InChI is InChI=1S/C7H8F2N4O2/c8-7(9)6-5(13(14)15)1-3(11)4(2-10)12-6/h1,7H,2,10-11H2.